The van der Waals surface area contributed by atoms with Crippen molar-refractivity contribution in [3.05, 3.63) is 29.8 Å². The minimum Gasteiger partial charge on any atom is -0.381 e. The fourth-order valence-corrected chi connectivity index (χ4v) is 4.47. The molecule has 0 saturated carbocycles. The molecule has 22 heavy (non-hydrogen) atoms. The average Bonchev–Trinajstić information content (AvgIpc) is 2.58. The first-order chi connectivity index (χ1) is 10.8. The zero-order valence-corrected chi connectivity index (χ0v) is 14.6. The Labute approximate surface area is 139 Å². The number of ether oxygens (including phenoxy) is 1. The van der Waals surface area contributed by atoms with Gasteiger partial charge in [-0.05, 0) is 37.5 Å². The van der Waals surface area contributed by atoms with Crippen LogP contribution in [0.2, 0.25) is 0 Å². The van der Waals surface area contributed by atoms with Gasteiger partial charge in [-0.15, -0.1) is 0 Å². The highest BCUT2D eigenvalue weighted by Gasteiger charge is 2.20. The Bertz CT molecular complexity index is 457. The molecule has 1 aromatic carbocycles. The van der Waals surface area contributed by atoms with Gasteiger partial charge in [0, 0.05) is 56.5 Å². The first-order valence-corrected chi connectivity index (χ1v) is 9.60. The maximum Gasteiger partial charge on any atom is 0.0605 e. The van der Waals surface area contributed by atoms with Crippen molar-refractivity contribution < 1.29 is 4.74 Å². The van der Waals surface area contributed by atoms with Crippen LogP contribution in [0.15, 0.2) is 24.3 Å². The number of anilines is 1. The number of rotatable bonds is 4. The molecule has 0 unspecified atom stereocenters. The lowest BCUT2D eigenvalue weighted by Gasteiger charge is -2.34. The molecule has 3 nitrogen and oxygen atoms in total. The van der Waals surface area contributed by atoms with Gasteiger partial charge in [-0.1, -0.05) is 12.1 Å². The van der Waals surface area contributed by atoms with Crippen molar-refractivity contribution in [1.82, 2.24) is 4.90 Å². The van der Waals surface area contributed by atoms with Crippen LogP contribution in [0.25, 0.3) is 0 Å². The molecule has 1 atom stereocenters. The monoisotopic (exact) mass is 320 g/mol. The summed E-state index contributed by atoms with van der Waals surface area (Å²) in [6, 6.07) is 9.92. The van der Waals surface area contributed by atoms with Crippen molar-refractivity contribution in [3.8, 4) is 0 Å². The second-order valence-electron chi connectivity index (χ2n) is 6.48. The third kappa shape index (κ3) is 3.98. The van der Waals surface area contributed by atoms with E-state index in [1.54, 1.807) is 0 Å². The van der Waals surface area contributed by atoms with Crippen molar-refractivity contribution in [2.75, 3.05) is 43.1 Å². The first-order valence-electron chi connectivity index (χ1n) is 8.45. The van der Waals surface area contributed by atoms with Gasteiger partial charge in [0.05, 0.1) is 6.10 Å². The molecule has 0 amide bonds. The van der Waals surface area contributed by atoms with Gasteiger partial charge in [-0.25, -0.2) is 0 Å². The van der Waals surface area contributed by atoms with Crippen LogP contribution in [-0.4, -0.2) is 55.3 Å². The van der Waals surface area contributed by atoms with Gasteiger partial charge in [0.25, 0.3) is 0 Å². The lowest BCUT2D eigenvalue weighted by Crippen LogP contribution is -2.39. The molecule has 2 saturated heterocycles. The number of thioether (sulfide) groups is 1. The van der Waals surface area contributed by atoms with Crippen LogP contribution in [0, 0.1) is 0 Å². The highest BCUT2D eigenvalue weighted by Crippen LogP contribution is 2.23. The second-order valence-corrected chi connectivity index (χ2v) is 7.63. The second kappa shape index (κ2) is 7.71. The molecule has 2 heterocycles. The van der Waals surface area contributed by atoms with E-state index >= 15 is 0 Å². The molecule has 2 aliphatic rings. The molecule has 1 aromatic rings. The van der Waals surface area contributed by atoms with E-state index in [1.807, 2.05) is 7.11 Å². The van der Waals surface area contributed by atoms with Gasteiger partial charge in [0.15, 0.2) is 0 Å². The van der Waals surface area contributed by atoms with E-state index in [0.717, 1.165) is 32.5 Å². The molecule has 4 heteroatoms. The molecule has 0 N–H and O–H groups in total. The predicted molar refractivity (Wildman–Crippen MR) is 95.9 cm³/mol. The largest absolute Gasteiger partial charge is 0.381 e. The van der Waals surface area contributed by atoms with E-state index < -0.39 is 0 Å². The lowest BCUT2D eigenvalue weighted by molar-refractivity contribution is 0.0819. The smallest absolute Gasteiger partial charge is 0.0605 e. The van der Waals surface area contributed by atoms with Gasteiger partial charge >= 0.3 is 0 Å². The molecule has 0 aromatic heterocycles. The van der Waals surface area contributed by atoms with E-state index in [2.05, 4.69) is 52.8 Å². The van der Waals surface area contributed by atoms with E-state index in [-0.39, 0.29) is 0 Å². The number of methoxy groups -OCH3 is 1. The third-order valence-corrected chi connectivity index (χ3v) is 6.16. The summed E-state index contributed by atoms with van der Waals surface area (Å²) in [5, 5.41) is 0. The Kier molecular flexibility index (Phi) is 5.66. The lowest BCUT2D eigenvalue weighted by atomic mass is 10.1. The van der Waals surface area contributed by atoms with Crippen molar-refractivity contribution in [2.24, 2.45) is 0 Å². The number of nitrogens with zero attached hydrogens (tertiary/aromatic N) is 2. The van der Waals surface area contributed by atoms with Gasteiger partial charge in [0.1, 0.15) is 0 Å². The molecular weight excluding hydrogens is 292 g/mol. The maximum absolute atomic E-state index is 5.46. The zero-order valence-electron chi connectivity index (χ0n) is 13.8. The van der Waals surface area contributed by atoms with Crippen molar-refractivity contribution in [3.63, 3.8) is 0 Å². The summed E-state index contributed by atoms with van der Waals surface area (Å²) in [7, 11) is 1.83. The van der Waals surface area contributed by atoms with Crippen molar-refractivity contribution in [2.45, 2.75) is 38.5 Å². The Morgan fingerprint density at radius 1 is 1.14 bits per heavy atom. The zero-order chi connectivity index (χ0) is 15.4. The molecule has 3 rings (SSSR count). The molecule has 0 bridgehead atoms. The quantitative estimate of drug-likeness (QED) is 0.846. The Morgan fingerprint density at radius 3 is 2.50 bits per heavy atom. The molecule has 0 aliphatic carbocycles. The fourth-order valence-electron chi connectivity index (χ4n) is 3.39. The van der Waals surface area contributed by atoms with E-state index in [1.165, 1.54) is 29.3 Å². The van der Waals surface area contributed by atoms with Crippen LogP contribution >= 0.6 is 11.8 Å². The van der Waals surface area contributed by atoms with E-state index in [0.29, 0.717) is 12.1 Å². The van der Waals surface area contributed by atoms with Crippen LogP contribution in [0.1, 0.15) is 25.3 Å². The highest BCUT2D eigenvalue weighted by atomic mass is 32.2. The van der Waals surface area contributed by atoms with E-state index in [4.69, 9.17) is 4.74 Å². The molecule has 0 radical (unpaired) electrons. The number of benzene rings is 1. The molecule has 0 spiro atoms. The maximum atomic E-state index is 5.46. The number of piperidine rings is 1. The molecule has 2 fully saturated rings. The van der Waals surface area contributed by atoms with Crippen LogP contribution in [0.4, 0.5) is 5.69 Å². The van der Waals surface area contributed by atoms with Gasteiger partial charge in [0.2, 0.25) is 0 Å². The predicted octanol–water partition coefficient (Wildman–Crippen LogP) is 3.24. The normalized spacial score (nSPS) is 24.6. The summed E-state index contributed by atoms with van der Waals surface area (Å²) in [6.45, 7) is 6.88. The van der Waals surface area contributed by atoms with Crippen LogP contribution < -0.4 is 4.90 Å². The van der Waals surface area contributed by atoms with Crippen molar-refractivity contribution in [1.29, 1.82) is 0 Å². The Hall–Kier alpha value is -0.710. The third-order valence-electron chi connectivity index (χ3n) is 4.97. The molecular formula is C18H28N2OS. The molecule has 122 valence electrons. The van der Waals surface area contributed by atoms with E-state index in [9.17, 15) is 0 Å². The summed E-state index contributed by atoms with van der Waals surface area (Å²) in [5.41, 5.74) is 2.80. The summed E-state index contributed by atoms with van der Waals surface area (Å²) in [6.07, 6.45) is 2.73. The summed E-state index contributed by atoms with van der Waals surface area (Å²) >= 11 is 2.08. The minimum atomic E-state index is 0.453. The summed E-state index contributed by atoms with van der Waals surface area (Å²) in [5.74, 6) is 2.55. The standard InChI is InChI=1S/C18H28N2OS/c1-15-14-22-12-11-20(15)13-16-3-5-17(6-4-16)19-9-7-18(21-2)8-10-19/h3-6,15,18H,7-14H2,1-2H3/t15-/m0/s1. The highest BCUT2D eigenvalue weighted by molar-refractivity contribution is 7.99. The SMILES string of the molecule is COC1CCN(c2ccc(CN3CCSC[C@@H]3C)cc2)CC1. The fraction of sp³-hybridized carbons (Fsp3) is 0.667. The summed E-state index contributed by atoms with van der Waals surface area (Å²) in [4.78, 5) is 5.09. The first kappa shape index (κ1) is 16.2. The average molecular weight is 321 g/mol. The topological polar surface area (TPSA) is 15.7 Å². The van der Waals surface area contributed by atoms with Gasteiger partial charge in [-0.2, -0.15) is 11.8 Å². The van der Waals surface area contributed by atoms with Crippen LogP contribution in [-0.2, 0) is 11.3 Å². The van der Waals surface area contributed by atoms with Gasteiger partial charge in [-0.3, -0.25) is 4.90 Å². The summed E-state index contributed by atoms with van der Waals surface area (Å²) < 4.78 is 5.46. The number of hydrogen-bond acceptors (Lipinski definition) is 4. The molecule has 2 aliphatic heterocycles. The van der Waals surface area contributed by atoms with Gasteiger partial charge < -0.3 is 9.64 Å². The minimum absolute atomic E-state index is 0.453. The number of hydrogen-bond donors (Lipinski definition) is 0. The Balaban J connectivity index is 1.56. The van der Waals surface area contributed by atoms with Crippen LogP contribution in [0.3, 0.4) is 0 Å². The van der Waals surface area contributed by atoms with Crippen molar-refractivity contribution >= 4 is 17.4 Å². The Morgan fingerprint density at radius 2 is 1.86 bits per heavy atom. The van der Waals surface area contributed by atoms with Crippen LogP contribution in [0.5, 0.6) is 0 Å².